The van der Waals surface area contributed by atoms with Crippen molar-refractivity contribution < 1.29 is 26.9 Å². The maximum absolute atomic E-state index is 13.0. The predicted molar refractivity (Wildman–Crippen MR) is 111 cm³/mol. The van der Waals surface area contributed by atoms with Gasteiger partial charge in [0.25, 0.3) is 5.91 Å². The summed E-state index contributed by atoms with van der Waals surface area (Å²) in [5.74, 6) is -0.392. The maximum atomic E-state index is 13.0. The number of aromatic nitrogens is 1. The van der Waals surface area contributed by atoms with E-state index in [-0.39, 0.29) is 40.8 Å². The van der Waals surface area contributed by atoms with Gasteiger partial charge < -0.3 is 20.0 Å². The van der Waals surface area contributed by atoms with Crippen LogP contribution in [-0.2, 0) is 12.7 Å². The molecule has 0 aliphatic carbocycles. The van der Waals surface area contributed by atoms with Crippen molar-refractivity contribution in [1.29, 1.82) is 0 Å². The molecule has 0 fully saturated rings. The average Bonchev–Trinajstić information content (AvgIpc) is 3.39. The number of nitrogens with one attached hydrogen (secondary N) is 1. The highest BCUT2D eigenvalue weighted by atomic mass is 19.4. The first kappa shape index (κ1) is 21.2. The lowest BCUT2D eigenvalue weighted by Crippen LogP contribution is -2.24. The number of halogens is 3. The third-order valence-electron chi connectivity index (χ3n) is 4.96. The van der Waals surface area contributed by atoms with Crippen LogP contribution in [0, 0.1) is 6.92 Å². The molecule has 1 amide bonds. The minimum atomic E-state index is -4.48. The predicted octanol–water partition coefficient (Wildman–Crippen LogP) is 5.44. The van der Waals surface area contributed by atoms with Crippen molar-refractivity contribution in [2.75, 3.05) is 5.73 Å². The molecule has 0 atom stereocenters. The number of alkyl halides is 3. The van der Waals surface area contributed by atoms with Crippen LogP contribution in [0.2, 0.25) is 0 Å². The molecule has 0 unspecified atom stereocenters. The van der Waals surface area contributed by atoms with Crippen molar-refractivity contribution in [3.8, 4) is 22.8 Å². The van der Waals surface area contributed by atoms with Gasteiger partial charge in [-0.15, -0.1) is 0 Å². The van der Waals surface area contributed by atoms with Crippen molar-refractivity contribution in [2.24, 2.45) is 0 Å². The van der Waals surface area contributed by atoms with Crippen LogP contribution in [0.15, 0.2) is 69.6 Å². The van der Waals surface area contributed by atoms with Crippen molar-refractivity contribution in [2.45, 2.75) is 19.6 Å². The van der Waals surface area contributed by atoms with E-state index in [1.54, 1.807) is 0 Å². The fourth-order valence-corrected chi connectivity index (χ4v) is 3.23. The van der Waals surface area contributed by atoms with Crippen molar-refractivity contribution >= 4 is 11.8 Å². The third-order valence-corrected chi connectivity index (χ3v) is 4.96. The van der Waals surface area contributed by atoms with Gasteiger partial charge in [0, 0.05) is 12.1 Å². The third kappa shape index (κ3) is 4.22. The lowest BCUT2D eigenvalue weighted by atomic mass is 10.1. The monoisotopic (exact) mass is 441 g/mol. The van der Waals surface area contributed by atoms with E-state index < -0.39 is 17.6 Å². The maximum Gasteiger partial charge on any atom is 0.416 e. The van der Waals surface area contributed by atoms with Crippen LogP contribution in [0.3, 0.4) is 0 Å². The van der Waals surface area contributed by atoms with Gasteiger partial charge in [-0.3, -0.25) is 4.79 Å². The number of hydrogen-bond donors (Lipinski definition) is 2. The van der Waals surface area contributed by atoms with Gasteiger partial charge >= 0.3 is 6.18 Å². The van der Waals surface area contributed by atoms with Crippen LogP contribution < -0.4 is 11.1 Å². The molecule has 2 aromatic carbocycles. The summed E-state index contributed by atoms with van der Waals surface area (Å²) >= 11 is 0. The lowest BCUT2D eigenvalue weighted by molar-refractivity contribution is -0.137. The zero-order valence-electron chi connectivity index (χ0n) is 16.9. The van der Waals surface area contributed by atoms with E-state index in [1.165, 1.54) is 24.3 Å². The minimum Gasteiger partial charge on any atom is -0.454 e. The number of rotatable bonds is 5. The quantitative estimate of drug-likeness (QED) is 0.430. The first-order valence-electron chi connectivity index (χ1n) is 9.59. The first-order chi connectivity index (χ1) is 15.2. The molecule has 4 aromatic rings. The van der Waals surface area contributed by atoms with E-state index in [4.69, 9.17) is 14.7 Å². The van der Waals surface area contributed by atoms with Gasteiger partial charge in [0.1, 0.15) is 11.3 Å². The first-order valence-corrected chi connectivity index (χ1v) is 9.59. The number of amides is 1. The Labute approximate surface area is 180 Å². The molecule has 9 heteroatoms. The van der Waals surface area contributed by atoms with Crippen molar-refractivity contribution in [3.63, 3.8) is 0 Å². The number of benzene rings is 2. The number of nitrogens with zero attached hydrogens (tertiary/aromatic N) is 1. The molecule has 0 aliphatic heterocycles. The van der Waals surface area contributed by atoms with Crippen LogP contribution >= 0.6 is 0 Å². The Bertz CT molecular complexity index is 1270. The highest BCUT2D eigenvalue weighted by molar-refractivity contribution is 6.03. The summed E-state index contributed by atoms with van der Waals surface area (Å²) in [4.78, 5) is 12.8. The summed E-state index contributed by atoms with van der Waals surface area (Å²) in [5.41, 5.74) is 7.24. The molecule has 32 heavy (non-hydrogen) atoms. The standard InChI is InChI=1S/C23H18F3N3O3/c1-13-5-2-3-6-15(13)12-28-22(30)19-20(29-32-21(19)27)18-10-9-17(31-18)14-7-4-8-16(11-14)23(24,25)26/h2-11H,12,27H2,1H3,(H,28,30). The molecule has 2 heterocycles. The smallest absolute Gasteiger partial charge is 0.416 e. The summed E-state index contributed by atoms with van der Waals surface area (Å²) < 4.78 is 49.7. The SMILES string of the molecule is Cc1ccccc1CNC(=O)c1c(-c2ccc(-c3cccc(C(F)(F)F)c3)o2)noc1N. The van der Waals surface area contributed by atoms with Gasteiger partial charge in [-0.1, -0.05) is 41.6 Å². The van der Waals surface area contributed by atoms with E-state index in [1.807, 2.05) is 31.2 Å². The molecule has 2 aromatic heterocycles. The Balaban J connectivity index is 1.59. The summed E-state index contributed by atoms with van der Waals surface area (Å²) in [6.45, 7) is 2.20. The number of furan rings is 1. The Morgan fingerprint density at radius 3 is 2.56 bits per heavy atom. The number of carbonyl (C=O) groups excluding carboxylic acids is 1. The van der Waals surface area contributed by atoms with Crippen LogP contribution in [0.4, 0.5) is 19.1 Å². The largest absolute Gasteiger partial charge is 0.454 e. The Kier molecular flexibility index (Phi) is 5.48. The average molecular weight is 441 g/mol. The zero-order chi connectivity index (χ0) is 22.9. The number of anilines is 1. The summed E-state index contributed by atoms with van der Waals surface area (Å²) in [6.07, 6.45) is -4.48. The lowest BCUT2D eigenvalue weighted by Gasteiger charge is -2.08. The second-order valence-corrected chi connectivity index (χ2v) is 7.12. The van der Waals surface area contributed by atoms with Gasteiger partial charge in [-0.05, 0) is 42.3 Å². The normalized spacial score (nSPS) is 11.5. The zero-order valence-corrected chi connectivity index (χ0v) is 16.9. The highest BCUT2D eigenvalue weighted by Crippen LogP contribution is 2.35. The Morgan fingerprint density at radius 1 is 1.06 bits per heavy atom. The molecule has 4 rings (SSSR count). The molecule has 0 saturated carbocycles. The van der Waals surface area contributed by atoms with E-state index in [0.29, 0.717) is 0 Å². The molecule has 0 radical (unpaired) electrons. The van der Waals surface area contributed by atoms with Gasteiger partial charge in [0.15, 0.2) is 11.5 Å². The number of carbonyl (C=O) groups is 1. The van der Waals surface area contributed by atoms with Crippen LogP contribution in [0.25, 0.3) is 22.8 Å². The molecule has 164 valence electrons. The second-order valence-electron chi connectivity index (χ2n) is 7.12. The number of aryl methyl sites for hydroxylation is 1. The Morgan fingerprint density at radius 2 is 1.81 bits per heavy atom. The van der Waals surface area contributed by atoms with Gasteiger partial charge in [-0.25, -0.2) is 0 Å². The molecule has 6 nitrogen and oxygen atoms in total. The topological polar surface area (TPSA) is 94.3 Å². The van der Waals surface area contributed by atoms with Gasteiger partial charge in [0.2, 0.25) is 5.88 Å². The summed E-state index contributed by atoms with van der Waals surface area (Å²) in [6, 6.07) is 15.3. The summed E-state index contributed by atoms with van der Waals surface area (Å²) in [5, 5.41) is 6.58. The molecule has 0 saturated heterocycles. The van der Waals surface area contributed by atoms with Crippen molar-refractivity contribution in [3.05, 3.63) is 82.9 Å². The minimum absolute atomic E-state index is 0.0106. The summed E-state index contributed by atoms with van der Waals surface area (Å²) in [7, 11) is 0. The second kappa shape index (κ2) is 8.26. The van der Waals surface area contributed by atoms with Crippen LogP contribution in [-0.4, -0.2) is 11.1 Å². The van der Waals surface area contributed by atoms with Gasteiger partial charge in [0.05, 0.1) is 5.56 Å². The van der Waals surface area contributed by atoms with Gasteiger partial charge in [-0.2, -0.15) is 13.2 Å². The molecular weight excluding hydrogens is 423 g/mol. The molecule has 0 aliphatic rings. The molecule has 0 bridgehead atoms. The fraction of sp³-hybridized carbons (Fsp3) is 0.130. The number of hydrogen-bond acceptors (Lipinski definition) is 5. The van der Waals surface area contributed by atoms with Crippen LogP contribution in [0.1, 0.15) is 27.0 Å². The molecular formula is C23H18F3N3O3. The Hall–Kier alpha value is -4.01. The van der Waals surface area contributed by atoms with E-state index in [0.717, 1.165) is 23.3 Å². The van der Waals surface area contributed by atoms with Crippen LogP contribution in [0.5, 0.6) is 0 Å². The van der Waals surface area contributed by atoms with E-state index in [2.05, 4.69) is 10.5 Å². The number of nitrogen functional groups attached to an aromatic ring is 1. The van der Waals surface area contributed by atoms with Crippen molar-refractivity contribution in [1.82, 2.24) is 10.5 Å². The highest BCUT2D eigenvalue weighted by Gasteiger charge is 2.31. The fourth-order valence-electron chi connectivity index (χ4n) is 3.23. The molecule has 0 spiro atoms. The number of nitrogens with two attached hydrogens (primary N) is 1. The van der Waals surface area contributed by atoms with E-state index >= 15 is 0 Å². The van der Waals surface area contributed by atoms with E-state index in [9.17, 15) is 18.0 Å². The molecule has 3 N–H and O–H groups in total.